The fourth-order valence-corrected chi connectivity index (χ4v) is 2.41. The fraction of sp³-hybridized carbons (Fsp3) is 0.385. The van der Waals surface area contributed by atoms with Gasteiger partial charge in [0.2, 0.25) is 5.91 Å². The number of hydrogen-bond donors (Lipinski definition) is 2. The highest BCUT2D eigenvalue weighted by Gasteiger charge is 2.39. The molecule has 4 nitrogen and oxygen atoms in total. The molecule has 0 aromatic heterocycles. The molecule has 0 spiro atoms. The van der Waals surface area contributed by atoms with Crippen LogP contribution in [0.4, 0.5) is 10.1 Å². The molecule has 1 aromatic carbocycles. The van der Waals surface area contributed by atoms with Gasteiger partial charge in [0, 0.05) is 18.7 Å². The van der Waals surface area contributed by atoms with Crippen LogP contribution in [0.2, 0.25) is 0 Å². The average molecular weight is 281 g/mol. The van der Waals surface area contributed by atoms with Crippen molar-refractivity contribution in [3.63, 3.8) is 0 Å². The number of nitrogens with two attached hydrogens (primary N) is 2. The van der Waals surface area contributed by atoms with Crippen molar-refractivity contribution in [1.29, 1.82) is 0 Å². The van der Waals surface area contributed by atoms with Crippen LogP contribution in [0, 0.1) is 11.2 Å². The van der Waals surface area contributed by atoms with Gasteiger partial charge in [-0.3, -0.25) is 4.79 Å². The second kappa shape index (κ2) is 4.77. The molecule has 102 valence electrons. The topological polar surface area (TPSA) is 72.4 Å². The lowest BCUT2D eigenvalue weighted by Crippen LogP contribution is -2.37. The summed E-state index contributed by atoms with van der Waals surface area (Å²) in [6.45, 7) is 2.82. The minimum atomic E-state index is -0.603. The van der Waals surface area contributed by atoms with Gasteiger partial charge in [0.15, 0.2) is 0 Å². The predicted octanol–water partition coefficient (Wildman–Crippen LogP) is 1.16. The molecule has 6 heteroatoms. The number of amides is 1. The molecule has 0 bridgehead atoms. The first-order valence-electron chi connectivity index (χ1n) is 5.98. The molecule has 4 N–H and O–H groups in total. The minimum absolute atomic E-state index is 0.161. The van der Waals surface area contributed by atoms with Crippen molar-refractivity contribution < 1.29 is 9.18 Å². The van der Waals surface area contributed by atoms with Gasteiger partial charge in [0.1, 0.15) is 10.8 Å². The summed E-state index contributed by atoms with van der Waals surface area (Å²) in [6.07, 6.45) is 0.624. The zero-order valence-corrected chi connectivity index (χ0v) is 11.5. The van der Waals surface area contributed by atoms with E-state index in [0.29, 0.717) is 30.8 Å². The van der Waals surface area contributed by atoms with Gasteiger partial charge < -0.3 is 16.4 Å². The molecular formula is C13H16FN3OS. The number of carbonyl (C=O) groups excluding carboxylic acids is 1. The van der Waals surface area contributed by atoms with Crippen LogP contribution in [0.3, 0.4) is 0 Å². The molecule has 0 saturated carbocycles. The van der Waals surface area contributed by atoms with Gasteiger partial charge in [0.05, 0.1) is 11.1 Å². The van der Waals surface area contributed by atoms with Gasteiger partial charge >= 0.3 is 0 Å². The number of rotatable bonds is 3. The van der Waals surface area contributed by atoms with E-state index in [1.807, 2.05) is 4.90 Å². The van der Waals surface area contributed by atoms with Crippen LogP contribution in [0.15, 0.2) is 18.2 Å². The van der Waals surface area contributed by atoms with E-state index in [-0.39, 0.29) is 16.7 Å². The lowest BCUT2D eigenvalue weighted by molar-refractivity contribution is -0.125. The first-order chi connectivity index (χ1) is 8.83. The summed E-state index contributed by atoms with van der Waals surface area (Å²) in [6, 6.07) is 4.63. The van der Waals surface area contributed by atoms with Crippen molar-refractivity contribution in [3.8, 4) is 0 Å². The summed E-state index contributed by atoms with van der Waals surface area (Å²) in [5.41, 5.74) is 11.2. The molecule has 1 saturated heterocycles. The zero-order valence-electron chi connectivity index (χ0n) is 10.6. The second-order valence-electron chi connectivity index (χ2n) is 5.13. The fourth-order valence-electron chi connectivity index (χ4n) is 2.28. The smallest absolute Gasteiger partial charge is 0.225 e. The molecule has 19 heavy (non-hydrogen) atoms. The number of nitrogens with zero attached hydrogens (tertiary/aromatic N) is 1. The van der Waals surface area contributed by atoms with Gasteiger partial charge in [-0.25, -0.2) is 4.39 Å². The number of primary amides is 1. The van der Waals surface area contributed by atoms with Crippen molar-refractivity contribution in [2.24, 2.45) is 16.9 Å². The minimum Gasteiger partial charge on any atom is -0.389 e. The Bertz CT molecular complexity index is 549. The molecule has 1 unspecified atom stereocenters. The molecule has 0 aliphatic carbocycles. The third kappa shape index (κ3) is 2.53. The zero-order chi connectivity index (χ0) is 14.2. The van der Waals surface area contributed by atoms with E-state index in [2.05, 4.69) is 0 Å². The third-order valence-corrected chi connectivity index (χ3v) is 3.88. The van der Waals surface area contributed by atoms with E-state index in [4.69, 9.17) is 23.7 Å². The maximum atomic E-state index is 14.0. The van der Waals surface area contributed by atoms with Crippen molar-refractivity contribution in [1.82, 2.24) is 0 Å². The molecule has 1 aromatic rings. The van der Waals surface area contributed by atoms with Gasteiger partial charge in [-0.2, -0.15) is 0 Å². The molecule has 1 fully saturated rings. The molecule has 2 rings (SSSR count). The Morgan fingerprint density at radius 2 is 2.16 bits per heavy atom. The van der Waals surface area contributed by atoms with Crippen LogP contribution in [0.1, 0.15) is 18.9 Å². The van der Waals surface area contributed by atoms with Crippen molar-refractivity contribution in [3.05, 3.63) is 29.6 Å². The van der Waals surface area contributed by atoms with Crippen LogP contribution < -0.4 is 16.4 Å². The molecular weight excluding hydrogens is 265 g/mol. The van der Waals surface area contributed by atoms with E-state index in [9.17, 15) is 9.18 Å². The quantitative estimate of drug-likeness (QED) is 0.816. The molecule has 1 atom stereocenters. The van der Waals surface area contributed by atoms with E-state index in [1.54, 1.807) is 19.1 Å². The summed E-state index contributed by atoms with van der Waals surface area (Å²) in [7, 11) is 0. The maximum Gasteiger partial charge on any atom is 0.225 e. The van der Waals surface area contributed by atoms with Gasteiger partial charge in [0.25, 0.3) is 0 Å². The number of anilines is 1. The van der Waals surface area contributed by atoms with Crippen molar-refractivity contribution in [2.45, 2.75) is 13.3 Å². The average Bonchev–Trinajstić information content (AvgIpc) is 2.73. The monoisotopic (exact) mass is 281 g/mol. The van der Waals surface area contributed by atoms with Crippen LogP contribution >= 0.6 is 12.2 Å². The molecule has 1 aliphatic heterocycles. The van der Waals surface area contributed by atoms with E-state index in [0.717, 1.165) is 0 Å². The van der Waals surface area contributed by atoms with Crippen LogP contribution in [-0.2, 0) is 4.79 Å². The van der Waals surface area contributed by atoms with Crippen LogP contribution in [0.5, 0.6) is 0 Å². The summed E-state index contributed by atoms with van der Waals surface area (Å²) in [5.74, 6) is -0.741. The Morgan fingerprint density at radius 3 is 2.63 bits per heavy atom. The third-order valence-electron chi connectivity index (χ3n) is 3.64. The number of hydrogen-bond acceptors (Lipinski definition) is 3. The summed E-state index contributed by atoms with van der Waals surface area (Å²) in [5, 5.41) is 0. The predicted molar refractivity (Wildman–Crippen MR) is 76.4 cm³/mol. The number of benzene rings is 1. The summed E-state index contributed by atoms with van der Waals surface area (Å²) in [4.78, 5) is 13.4. The highest BCUT2D eigenvalue weighted by molar-refractivity contribution is 7.80. The Morgan fingerprint density at radius 1 is 1.47 bits per heavy atom. The van der Waals surface area contributed by atoms with E-state index < -0.39 is 5.41 Å². The number of halogens is 1. The van der Waals surface area contributed by atoms with E-state index >= 15 is 0 Å². The van der Waals surface area contributed by atoms with E-state index in [1.165, 1.54) is 6.07 Å². The van der Waals surface area contributed by atoms with Crippen LogP contribution in [-0.4, -0.2) is 24.0 Å². The largest absolute Gasteiger partial charge is 0.389 e. The van der Waals surface area contributed by atoms with Gasteiger partial charge in [-0.1, -0.05) is 12.2 Å². The molecule has 1 heterocycles. The first-order valence-corrected chi connectivity index (χ1v) is 6.38. The number of thiocarbonyl (C=S) groups is 1. The lowest BCUT2D eigenvalue weighted by atomic mass is 9.89. The molecule has 1 amide bonds. The van der Waals surface area contributed by atoms with Crippen LogP contribution in [0.25, 0.3) is 0 Å². The molecule has 0 radical (unpaired) electrons. The van der Waals surface area contributed by atoms with Gasteiger partial charge in [-0.15, -0.1) is 0 Å². The number of carbonyl (C=O) groups is 1. The Balaban J connectivity index is 2.25. The van der Waals surface area contributed by atoms with Gasteiger partial charge in [-0.05, 0) is 31.5 Å². The second-order valence-corrected chi connectivity index (χ2v) is 5.57. The van der Waals surface area contributed by atoms with Crippen molar-refractivity contribution >= 4 is 28.8 Å². The SMILES string of the molecule is CC1(C(N)=O)CCN(c2ccc(C(N)=S)cc2F)C1. The summed E-state index contributed by atoms with van der Waals surface area (Å²) >= 11 is 4.81. The maximum absolute atomic E-state index is 14.0. The Kier molecular flexibility index (Phi) is 3.45. The lowest BCUT2D eigenvalue weighted by Gasteiger charge is -2.23. The summed E-state index contributed by atoms with van der Waals surface area (Å²) < 4.78 is 14.0. The highest BCUT2D eigenvalue weighted by Crippen LogP contribution is 2.34. The Labute approximate surface area is 116 Å². The molecule has 1 aliphatic rings. The normalized spacial score (nSPS) is 22.5. The standard InChI is InChI=1S/C13H16FN3OS/c1-13(12(16)18)4-5-17(7-13)10-3-2-8(11(15)19)6-9(10)14/h2-3,6H,4-5,7H2,1H3,(H2,15,19)(H2,16,18). The van der Waals surface area contributed by atoms with Crippen molar-refractivity contribution in [2.75, 3.05) is 18.0 Å². The Hall–Kier alpha value is -1.69. The first kappa shape index (κ1) is 13.7. The highest BCUT2D eigenvalue weighted by atomic mass is 32.1.